The lowest BCUT2D eigenvalue weighted by molar-refractivity contribution is 0.684. The largest absolute Gasteiger partial charge is 0.326 e. The van der Waals surface area contributed by atoms with E-state index in [-0.39, 0.29) is 5.56 Å². The molecule has 1 fully saturated rings. The van der Waals surface area contributed by atoms with Crippen LogP contribution < -0.4 is 11.3 Å². The molecule has 0 atom stereocenters. The molecule has 0 unspecified atom stereocenters. The molecule has 4 N–H and O–H groups in total. The Hall–Kier alpha value is -1.03. The Morgan fingerprint density at radius 3 is 2.62 bits per heavy atom. The zero-order valence-electron chi connectivity index (χ0n) is 7.60. The van der Waals surface area contributed by atoms with Gasteiger partial charge in [-0.05, 0) is 12.8 Å². The number of hydrogen-bond donors (Lipinski definition) is 3. The predicted molar refractivity (Wildman–Crippen MR) is 50.5 cm³/mol. The van der Waals surface area contributed by atoms with E-state index >= 15 is 0 Å². The molecular weight excluding hydrogens is 166 g/mol. The predicted octanol–water partition coefficient (Wildman–Crippen LogP) is 0.819. The molecule has 1 saturated carbocycles. The summed E-state index contributed by atoms with van der Waals surface area (Å²) in [6.07, 6.45) is 4.89. The van der Waals surface area contributed by atoms with Crippen molar-refractivity contribution in [3.63, 3.8) is 0 Å². The first-order chi connectivity index (χ1) is 6.33. The van der Waals surface area contributed by atoms with Gasteiger partial charge in [0.05, 0.1) is 5.56 Å². The molecule has 2 rings (SSSR count). The fraction of sp³-hybridized carbons (Fsp3) is 0.667. The van der Waals surface area contributed by atoms with Crippen molar-refractivity contribution in [2.24, 2.45) is 5.73 Å². The maximum atomic E-state index is 11.3. The number of H-pyrrole nitrogens is 2. The number of aromatic amines is 2. The van der Waals surface area contributed by atoms with Gasteiger partial charge in [-0.1, -0.05) is 12.8 Å². The third-order valence-electron chi connectivity index (χ3n) is 2.88. The van der Waals surface area contributed by atoms with Crippen LogP contribution in [0.2, 0.25) is 0 Å². The quantitative estimate of drug-likeness (QED) is 0.631. The molecule has 0 radical (unpaired) electrons. The standard InChI is InChI=1S/C9H15N3O/c10-5-7-8(11-12-9(7)13)6-3-1-2-4-6/h6H,1-5,10H2,(H2,11,12,13). The first-order valence-electron chi connectivity index (χ1n) is 4.82. The summed E-state index contributed by atoms with van der Waals surface area (Å²) < 4.78 is 0. The van der Waals surface area contributed by atoms with E-state index in [1.165, 1.54) is 25.7 Å². The summed E-state index contributed by atoms with van der Waals surface area (Å²) >= 11 is 0. The van der Waals surface area contributed by atoms with Crippen molar-refractivity contribution in [2.45, 2.75) is 38.1 Å². The van der Waals surface area contributed by atoms with Crippen LogP contribution in [0.4, 0.5) is 0 Å². The summed E-state index contributed by atoms with van der Waals surface area (Å²) in [6, 6.07) is 0. The normalized spacial score (nSPS) is 18.2. The highest BCUT2D eigenvalue weighted by Crippen LogP contribution is 2.33. The number of nitrogens with one attached hydrogen (secondary N) is 2. The molecule has 1 aromatic heterocycles. The second-order valence-electron chi connectivity index (χ2n) is 3.66. The third-order valence-corrected chi connectivity index (χ3v) is 2.88. The van der Waals surface area contributed by atoms with E-state index in [1.807, 2.05) is 0 Å². The minimum atomic E-state index is -0.0515. The Bertz CT molecular complexity index is 333. The lowest BCUT2D eigenvalue weighted by atomic mass is 10.0. The van der Waals surface area contributed by atoms with E-state index in [1.54, 1.807) is 0 Å². The maximum Gasteiger partial charge on any atom is 0.268 e. The van der Waals surface area contributed by atoms with E-state index in [2.05, 4.69) is 10.2 Å². The molecular formula is C9H15N3O. The van der Waals surface area contributed by atoms with Gasteiger partial charge >= 0.3 is 0 Å². The summed E-state index contributed by atoms with van der Waals surface area (Å²) in [5, 5.41) is 5.55. The van der Waals surface area contributed by atoms with Gasteiger partial charge in [-0.3, -0.25) is 9.89 Å². The highest BCUT2D eigenvalue weighted by molar-refractivity contribution is 5.21. The van der Waals surface area contributed by atoms with Gasteiger partial charge in [0, 0.05) is 18.2 Å². The number of nitrogens with two attached hydrogens (primary N) is 1. The minimum Gasteiger partial charge on any atom is -0.326 e. The zero-order valence-corrected chi connectivity index (χ0v) is 7.60. The van der Waals surface area contributed by atoms with Crippen LogP contribution in [-0.2, 0) is 6.54 Å². The Morgan fingerprint density at radius 2 is 2.00 bits per heavy atom. The second-order valence-corrected chi connectivity index (χ2v) is 3.66. The van der Waals surface area contributed by atoms with Gasteiger partial charge in [-0.25, -0.2) is 0 Å². The smallest absolute Gasteiger partial charge is 0.268 e. The average Bonchev–Trinajstić information content (AvgIpc) is 2.71. The summed E-state index contributed by atoms with van der Waals surface area (Å²) in [5.74, 6) is 0.525. The number of rotatable bonds is 2. The highest BCUT2D eigenvalue weighted by Gasteiger charge is 2.22. The Morgan fingerprint density at radius 1 is 1.31 bits per heavy atom. The summed E-state index contributed by atoms with van der Waals surface area (Å²) in [7, 11) is 0. The van der Waals surface area contributed by atoms with Crippen LogP contribution in [0.1, 0.15) is 42.9 Å². The monoisotopic (exact) mass is 181 g/mol. The molecule has 13 heavy (non-hydrogen) atoms. The topological polar surface area (TPSA) is 74.7 Å². The molecule has 0 saturated heterocycles. The SMILES string of the molecule is NCc1c(C2CCCC2)[nH][nH]c1=O. The number of aromatic nitrogens is 2. The Labute approximate surface area is 76.5 Å². The molecule has 0 aliphatic heterocycles. The summed E-state index contributed by atoms with van der Waals surface area (Å²) in [5.41, 5.74) is 7.26. The van der Waals surface area contributed by atoms with Crippen molar-refractivity contribution in [3.8, 4) is 0 Å². The van der Waals surface area contributed by atoms with Gasteiger partial charge in [0.1, 0.15) is 0 Å². The number of hydrogen-bond acceptors (Lipinski definition) is 2. The molecule has 1 aliphatic rings. The van der Waals surface area contributed by atoms with Crippen LogP contribution in [0.5, 0.6) is 0 Å². The average molecular weight is 181 g/mol. The van der Waals surface area contributed by atoms with Gasteiger partial charge in [-0.15, -0.1) is 0 Å². The molecule has 72 valence electrons. The van der Waals surface area contributed by atoms with E-state index in [9.17, 15) is 4.79 Å². The first-order valence-corrected chi connectivity index (χ1v) is 4.82. The van der Waals surface area contributed by atoms with Crippen molar-refractivity contribution in [2.75, 3.05) is 0 Å². The molecule has 0 aromatic carbocycles. The summed E-state index contributed by atoms with van der Waals surface area (Å²) in [6.45, 7) is 0.338. The molecule has 1 aliphatic carbocycles. The maximum absolute atomic E-state index is 11.3. The van der Waals surface area contributed by atoms with Crippen molar-refractivity contribution < 1.29 is 0 Å². The van der Waals surface area contributed by atoms with E-state index < -0.39 is 0 Å². The molecule has 1 aromatic rings. The fourth-order valence-electron chi connectivity index (χ4n) is 2.16. The first kappa shape index (κ1) is 8.56. The van der Waals surface area contributed by atoms with Gasteiger partial charge in [-0.2, -0.15) is 0 Å². The van der Waals surface area contributed by atoms with E-state index in [0.717, 1.165) is 11.3 Å². The third kappa shape index (κ3) is 1.42. The van der Waals surface area contributed by atoms with Crippen LogP contribution in [0.3, 0.4) is 0 Å². The second kappa shape index (κ2) is 3.38. The lowest BCUT2D eigenvalue weighted by Gasteiger charge is -2.07. The van der Waals surface area contributed by atoms with Gasteiger partial charge in [0.15, 0.2) is 0 Å². The molecule has 4 nitrogen and oxygen atoms in total. The zero-order chi connectivity index (χ0) is 9.26. The van der Waals surface area contributed by atoms with Crippen molar-refractivity contribution in [1.82, 2.24) is 10.2 Å². The molecule has 1 heterocycles. The van der Waals surface area contributed by atoms with E-state index in [4.69, 9.17) is 5.73 Å². The van der Waals surface area contributed by atoms with Gasteiger partial charge in [0.2, 0.25) is 0 Å². The minimum absolute atomic E-state index is 0.0515. The summed E-state index contributed by atoms with van der Waals surface area (Å²) in [4.78, 5) is 11.3. The Balaban J connectivity index is 2.33. The van der Waals surface area contributed by atoms with Gasteiger partial charge < -0.3 is 10.8 Å². The van der Waals surface area contributed by atoms with Crippen LogP contribution in [-0.4, -0.2) is 10.2 Å². The lowest BCUT2D eigenvalue weighted by Crippen LogP contribution is -2.12. The highest BCUT2D eigenvalue weighted by atomic mass is 16.1. The van der Waals surface area contributed by atoms with E-state index in [0.29, 0.717) is 12.5 Å². The van der Waals surface area contributed by atoms with Crippen LogP contribution in [0.25, 0.3) is 0 Å². The van der Waals surface area contributed by atoms with Crippen molar-refractivity contribution >= 4 is 0 Å². The fourth-order valence-corrected chi connectivity index (χ4v) is 2.16. The molecule has 0 amide bonds. The molecule has 4 heteroatoms. The molecule has 0 spiro atoms. The van der Waals surface area contributed by atoms with Crippen molar-refractivity contribution in [1.29, 1.82) is 0 Å². The van der Waals surface area contributed by atoms with Crippen LogP contribution in [0.15, 0.2) is 4.79 Å². The van der Waals surface area contributed by atoms with Crippen LogP contribution >= 0.6 is 0 Å². The molecule has 0 bridgehead atoms. The van der Waals surface area contributed by atoms with Crippen molar-refractivity contribution in [3.05, 3.63) is 21.6 Å². The van der Waals surface area contributed by atoms with Crippen LogP contribution in [0, 0.1) is 0 Å². The van der Waals surface area contributed by atoms with Gasteiger partial charge in [0.25, 0.3) is 5.56 Å². The Kier molecular flexibility index (Phi) is 2.22.